The number of aromatic nitrogens is 3. The Morgan fingerprint density at radius 2 is 1.83 bits per heavy atom. The molecule has 0 aliphatic carbocycles. The summed E-state index contributed by atoms with van der Waals surface area (Å²) in [5.41, 5.74) is 4.02. The molecule has 2 aromatic carbocycles. The summed E-state index contributed by atoms with van der Waals surface area (Å²) in [6.45, 7) is 4.24. The van der Waals surface area contributed by atoms with Gasteiger partial charge in [-0.3, -0.25) is 0 Å². The Hall–Kier alpha value is -3.45. The SMILES string of the molecule is COc1cc(CC(C)N2CCC(n3c(Cc4ccc(F)cc4)nc4cccnc43)CC2)ccc1O. The highest BCUT2D eigenvalue weighted by molar-refractivity contribution is 5.71. The minimum Gasteiger partial charge on any atom is -0.504 e. The molecule has 5 rings (SSSR count). The van der Waals surface area contributed by atoms with Crippen LogP contribution in [0.15, 0.2) is 60.8 Å². The number of pyridine rings is 1. The van der Waals surface area contributed by atoms with E-state index in [2.05, 4.69) is 21.4 Å². The molecule has 1 fully saturated rings. The fourth-order valence-electron chi connectivity index (χ4n) is 5.17. The number of methoxy groups -OCH3 is 1. The minimum atomic E-state index is -0.226. The average molecular weight is 475 g/mol. The van der Waals surface area contributed by atoms with E-state index in [0.717, 1.165) is 60.5 Å². The number of phenols is 1. The van der Waals surface area contributed by atoms with Gasteiger partial charge in [0.15, 0.2) is 17.1 Å². The van der Waals surface area contributed by atoms with Crippen LogP contribution in [0.25, 0.3) is 11.2 Å². The number of ether oxygens (including phenoxy) is 1. The first kappa shape index (κ1) is 23.3. The van der Waals surface area contributed by atoms with Gasteiger partial charge in [-0.1, -0.05) is 18.2 Å². The summed E-state index contributed by atoms with van der Waals surface area (Å²) in [5, 5.41) is 9.88. The zero-order valence-corrected chi connectivity index (χ0v) is 20.2. The zero-order valence-electron chi connectivity index (χ0n) is 20.2. The molecule has 4 aromatic rings. The summed E-state index contributed by atoms with van der Waals surface area (Å²) in [4.78, 5) is 12.1. The van der Waals surface area contributed by atoms with E-state index < -0.39 is 0 Å². The Bertz CT molecular complexity index is 1300. The summed E-state index contributed by atoms with van der Waals surface area (Å²) in [6, 6.07) is 16.9. The molecule has 1 saturated heterocycles. The number of hydrogen-bond donors (Lipinski definition) is 1. The highest BCUT2D eigenvalue weighted by Gasteiger charge is 2.27. The second kappa shape index (κ2) is 10.0. The number of rotatable bonds is 7. The van der Waals surface area contributed by atoms with Gasteiger partial charge in [0.25, 0.3) is 0 Å². The molecule has 7 heteroatoms. The molecule has 182 valence electrons. The fraction of sp³-hybridized carbons (Fsp3) is 0.357. The summed E-state index contributed by atoms with van der Waals surface area (Å²) in [7, 11) is 1.58. The molecule has 3 heterocycles. The number of nitrogens with zero attached hydrogens (tertiary/aromatic N) is 4. The molecule has 1 aliphatic rings. The molecular weight excluding hydrogens is 443 g/mol. The van der Waals surface area contributed by atoms with E-state index in [1.54, 1.807) is 13.2 Å². The Balaban J connectivity index is 1.31. The zero-order chi connectivity index (χ0) is 24.4. The van der Waals surface area contributed by atoms with Crippen LogP contribution >= 0.6 is 0 Å². The van der Waals surface area contributed by atoms with Crippen LogP contribution < -0.4 is 4.74 Å². The van der Waals surface area contributed by atoms with Crippen LogP contribution in [-0.4, -0.2) is 50.8 Å². The van der Waals surface area contributed by atoms with E-state index >= 15 is 0 Å². The van der Waals surface area contributed by atoms with Crippen LogP contribution in [0.1, 0.15) is 42.8 Å². The third-order valence-corrected chi connectivity index (χ3v) is 7.06. The second-order valence-electron chi connectivity index (χ2n) is 9.37. The van der Waals surface area contributed by atoms with Crippen molar-refractivity contribution in [1.29, 1.82) is 0 Å². The molecule has 2 aromatic heterocycles. The van der Waals surface area contributed by atoms with Crippen molar-refractivity contribution in [3.8, 4) is 11.5 Å². The maximum atomic E-state index is 13.4. The summed E-state index contributed by atoms with van der Waals surface area (Å²) in [5.74, 6) is 1.44. The maximum Gasteiger partial charge on any atom is 0.160 e. The first-order chi connectivity index (χ1) is 17.0. The maximum absolute atomic E-state index is 13.4. The number of phenolic OH excluding ortho intramolecular Hbond substituents is 1. The van der Waals surface area contributed by atoms with Crippen molar-refractivity contribution >= 4 is 11.2 Å². The van der Waals surface area contributed by atoms with E-state index in [-0.39, 0.29) is 11.6 Å². The molecule has 1 atom stereocenters. The van der Waals surface area contributed by atoms with E-state index in [0.29, 0.717) is 24.3 Å². The molecule has 1 unspecified atom stereocenters. The van der Waals surface area contributed by atoms with Gasteiger partial charge in [-0.15, -0.1) is 0 Å². The van der Waals surface area contributed by atoms with Gasteiger partial charge in [0, 0.05) is 37.8 Å². The third-order valence-electron chi connectivity index (χ3n) is 7.06. The lowest BCUT2D eigenvalue weighted by atomic mass is 9.99. The number of likely N-dealkylation sites (tertiary alicyclic amines) is 1. The van der Waals surface area contributed by atoms with Gasteiger partial charge in [-0.25, -0.2) is 14.4 Å². The average Bonchev–Trinajstić information content (AvgIpc) is 3.24. The highest BCUT2D eigenvalue weighted by atomic mass is 19.1. The number of fused-ring (bicyclic) bond motifs is 1. The van der Waals surface area contributed by atoms with Crippen LogP contribution in [0.4, 0.5) is 4.39 Å². The van der Waals surface area contributed by atoms with E-state index in [4.69, 9.17) is 9.72 Å². The van der Waals surface area contributed by atoms with Gasteiger partial charge in [0.05, 0.1) is 7.11 Å². The topological polar surface area (TPSA) is 63.4 Å². The Morgan fingerprint density at radius 1 is 1.09 bits per heavy atom. The second-order valence-corrected chi connectivity index (χ2v) is 9.37. The van der Waals surface area contributed by atoms with Crippen LogP contribution in [0.2, 0.25) is 0 Å². The fourth-order valence-corrected chi connectivity index (χ4v) is 5.17. The third kappa shape index (κ3) is 5.00. The summed E-state index contributed by atoms with van der Waals surface area (Å²) >= 11 is 0. The molecule has 1 N–H and O–H groups in total. The summed E-state index contributed by atoms with van der Waals surface area (Å²) < 4.78 is 21.0. The van der Waals surface area contributed by atoms with Crippen molar-refractivity contribution in [3.05, 3.63) is 83.6 Å². The monoisotopic (exact) mass is 474 g/mol. The van der Waals surface area contributed by atoms with Crippen molar-refractivity contribution in [1.82, 2.24) is 19.4 Å². The minimum absolute atomic E-state index is 0.169. The lowest BCUT2D eigenvalue weighted by molar-refractivity contribution is 0.143. The van der Waals surface area contributed by atoms with E-state index in [1.807, 2.05) is 42.6 Å². The van der Waals surface area contributed by atoms with E-state index in [9.17, 15) is 9.50 Å². The quantitative estimate of drug-likeness (QED) is 0.402. The molecule has 6 nitrogen and oxygen atoms in total. The summed E-state index contributed by atoms with van der Waals surface area (Å²) in [6.07, 6.45) is 5.40. The van der Waals surface area contributed by atoms with Gasteiger partial charge in [0.1, 0.15) is 17.2 Å². The van der Waals surface area contributed by atoms with Crippen molar-refractivity contribution in [2.24, 2.45) is 0 Å². The smallest absolute Gasteiger partial charge is 0.160 e. The largest absolute Gasteiger partial charge is 0.504 e. The Labute approximate surface area is 205 Å². The van der Waals surface area contributed by atoms with Crippen LogP contribution in [0.5, 0.6) is 11.5 Å². The van der Waals surface area contributed by atoms with Crippen LogP contribution in [0, 0.1) is 5.82 Å². The number of hydrogen-bond acceptors (Lipinski definition) is 5. The number of imidazole rings is 1. The van der Waals surface area contributed by atoms with Gasteiger partial charge >= 0.3 is 0 Å². The van der Waals surface area contributed by atoms with Crippen LogP contribution in [0.3, 0.4) is 0 Å². The number of piperidine rings is 1. The molecule has 0 saturated carbocycles. The van der Waals surface area contributed by atoms with Gasteiger partial charge in [-0.05, 0) is 73.7 Å². The van der Waals surface area contributed by atoms with Gasteiger partial charge < -0.3 is 19.3 Å². The van der Waals surface area contributed by atoms with Gasteiger partial charge in [-0.2, -0.15) is 0 Å². The van der Waals surface area contributed by atoms with Crippen molar-refractivity contribution < 1.29 is 14.2 Å². The predicted molar refractivity (Wildman–Crippen MR) is 134 cm³/mol. The number of aromatic hydroxyl groups is 1. The highest BCUT2D eigenvalue weighted by Crippen LogP contribution is 2.31. The van der Waals surface area contributed by atoms with Crippen LogP contribution in [-0.2, 0) is 12.8 Å². The normalized spacial score (nSPS) is 16.0. The van der Waals surface area contributed by atoms with Crippen molar-refractivity contribution in [3.63, 3.8) is 0 Å². The van der Waals surface area contributed by atoms with E-state index in [1.165, 1.54) is 12.1 Å². The van der Waals surface area contributed by atoms with Crippen molar-refractivity contribution in [2.75, 3.05) is 20.2 Å². The number of halogens is 1. The van der Waals surface area contributed by atoms with Crippen molar-refractivity contribution in [2.45, 2.75) is 44.7 Å². The Morgan fingerprint density at radius 3 is 2.57 bits per heavy atom. The molecule has 0 radical (unpaired) electrons. The molecule has 0 amide bonds. The first-order valence-corrected chi connectivity index (χ1v) is 12.2. The predicted octanol–water partition coefficient (Wildman–Crippen LogP) is 5.14. The molecule has 1 aliphatic heterocycles. The Kier molecular flexibility index (Phi) is 6.68. The molecule has 0 bridgehead atoms. The molecule has 35 heavy (non-hydrogen) atoms. The lowest BCUT2D eigenvalue weighted by Gasteiger charge is -2.37. The standard InChI is InChI=1S/C28H31FN4O2/c1-19(16-21-7-10-25(34)26(17-21)35-2)32-14-11-23(12-15-32)33-27(18-20-5-8-22(29)9-6-20)31-24-4-3-13-30-28(24)33/h3-10,13,17,19,23,34H,11-12,14-16,18H2,1-2H3. The first-order valence-electron chi connectivity index (χ1n) is 12.2. The van der Waals surface area contributed by atoms with Gasteiger partial charge in [0.2, 0.25) is 0 Å². The number of benzene rings is 2. The lowest BCUT2D eigenvalue weighted by Crippen LogP contribution is -2.41. The molecule has 0 spiro atoms. The molecular formula is C28H31FN4O2.